The van der Waals surface area contributed by atoms with E-state index in [4.69, 9.17) is 4.74 Å². The average Bonchev–Trinajstić information content (AvgIpc) is 2.28. The van der Waals surface area contributed by atoms with Crippen molar-refractivity contribution in [2.24, 2.45) is 0 Å². The van der Waals surface area contributed by atoms with Crippen LogP contribution in [0.4, 0.5) is 0 Å². The number of benzene rings is 1. The number of phenols is 1. The van der Waals surface area contributed by atoms with Crippen molar-refractivity contribution in [3.8, 4) is 11.5 Å². The third-order valence-corrected chi connectivity index (χ3v) is 3.30. The van der Waals surface area contributed by atoms with Crippen molar-refractivity contribution in [1.82, 2.24) is 0 Å². The van der Waals surface area contributed by atoms with Crippen LogP contribution in [-0.4, -0.2) is 12.2 Å². The Hall–Kier alpha value is -1.44. The molecule has 0 saturated heterocycles. The molecule has 16 heavy (non-hydrogen) atoms. The van der Waals surface area contributed by atoms with Gasteiger partial charge in [0, 0.05) is 11.0 Å². The zero-order valence-corrected chi connectivity index (χ0v) is 10.7. The van der Waals surface area contributed by atoms with E-state index in [0.29, 0.717) is 5.75 Å². The highest BCUT2D eigenvalue weighted by atomic mass is 16.5. The smallest absolute Gasteiger partial charge is 0.119 e. The molecule has 0 amide bonds. The molecule has 0 aliphatic carbocycles. The molecular weight excluding hydrogens is 200 g/mol. The lowest BCUT2D eigenvalue weighted by molar-refractivity contribution is 0.407. The van der Waals surface area contributed by atoms with E-state index in [1.807, 2.05) is 13.0 Å². The van der Waals surface area contributed by atoms with Gasteiger partial charge in [-0.15, -0.1) is 0 Å². The largest absolute Gasteiger partial charge is 0.508 e. The number of aromatic hydroxyl groups is 1. The molecule has 2 heteroatoms. The molecule has 88 valence electrons. The standard InChI is InChI=1S/C14H20O2/c1-6-10(2)14(3,4)12-9-11(16-5)7-8-13(12)15/h6-9,15H,1-5H3/b10-6-. The summed E-state index contributed by atoms with van der Waals surface area (Å²) in [6.45, 7) is 8.26. The molecule has 1 N–H and O–H groups in total. The molecule has 1 rings (SSSR count). The maximum atomic E-state index is 9.93. The Balaban J connectivity index is 3.31. The Bertz CT molecular complexity index is 403. The fraction of sp³-hybridized carbons (Fsp3) is 0.429. The Kier molecular flexibility index (Phi) is 3.63. The van der Waals surface area contributed by atoms with Crippen molar-refractivity contribution in [3.05, 3.63) is 35.4 Å². The van der Waals surface area contributed by atoms with Crippen LogP contribution in [0.5, 0.6) is 11.5 Å². The summed E-state index contributed by atoms with van der Waals surface area (Å²) in [5.74, 6) is 1.08. The lowest BCUT2D eigenvalue weighted by Gasteiger charge is -2.27. The fourth-order valence-corrected chi connectivity index (χ4v) is 1.72. The van der Waals surface area contributed by atoms with Crippen LogP contribution in [0.15, 0.2) is 29.8 Å². The molecule has 0 aliphatic rings. The van der Waals surface area contributed by atoms with E-state index in [2.05, 4.69) is 26.8 Å². The van der Waals surface area contributed by atoms with Crippen molar-refractivity contribution in [3.63, 3.8) is 0 Å². The summed E-state index contributed by atoms with van der Waals surface area (Å²) >= 11 is 0. The first-order valence-corrected chi connectivity index (χ1v) is 5.44. The number of methoxy groups -OCH3 is 1. The molecule has 0 heterocycles. The van der Waals surface area contributed by atoms with E-state index in [-0.39, 0.29) is 5.41 Å². The van der Waals surface area contributed by atoms with Gasteiger partial charge in [0.1, 0.15) is 11.5 Å². The van der Waals surface area contributed by atoms with Crippen LogP contribution in [0.3, 0.4) is 0 Å². The second-order valence-electron chi connectivity index (χ2n) is 4.48. The van der Waals surface area contributed by atoms with Crippen LogP contribution >= 0.6 is 0 Å². The van der Waals surface area contributed by atoms with Crippen LogP contribution in [0.2, 0.25) is 0 Å². The topological polar surface area (TPSA) is 29.5 Å². The predicted octanol–water partition coefficient (Wildman–Crippen LogP) is 3.64. The highest BCUT2D eigenvalue weighted by Crippen LogP contribution is 2.38. The van der Waals surface area contributed by atoms with Crippen LogP contribution < -0.4 is 4.74 Å². The molecule has 0 fully saturated rings. The van der Waals surface area contributed by atoms with E-state index < -0.39 is 0 Å². The molecule has 0 aliphatic heterocycles. The zero-order valence-electron chi connectivity index (χ0n) is 10.7. The lowest BCUT2D eigenvalue weighted by Crippen LogP contribution is -2.18. The Labute approximate surface area is 97.6 Å². The van der Waals surface area contributed by atoms with Crippen molar-refractivity contribution in [2.75, 3.05) is 7.11 Å². The van der Waals surface area contributed by atoms with E-state index in [1.54, 1.807) is 19.2 Å². The molecule has 1 aromatic carbocycles. The molecule has 0 radical (unpaired) electrons. The molecule has 1 aromatic rings. The van der Waals surface area contributed by atoms with E-state index in [0.717, 1.165) is 11.3 Å². The van der Waals surface area contributed by atoms with Gasteiger partial charge in [-0.3, -0.25) is 0 Å². The number of allylic oxidation sites excluding steroid dienone is 2. The van der Waals surface area contributed by atoms with Gasteiger partial charge in [0.2, 0.25) is 0 Å². The van der Waals surface area contributed by atoms with E-state index >= 15 is 0 Å². The Morgan fingerprint density at radius 3 is 2.50 bits per heavy atom. The molecule has 0 unspecified atom stereocenters. The van der Waals surface area contributed by atoms with Gasteiger partial charge in [-0.05, 0) is 32.0 Å². The van der Waals surface area contributed by atoms with E-state index in [1.165, 1.54) is 5.57 Å². The summed E-state index contributed by atoms with van der Waals surface area (Å²) in [5.41, 5.74) is 1.92. The van der Waals surface area contributed by atoms with Gasteiger partial charge in [-0.25, -0.2) is 0 Å². The molecule has 2 nitrogen and oxygen atoms in total. The van der Waals surface area contributed by atoms with Gasteiger partial charge < -0.3 is 9.84 Å². The molecule has 0 saturated carbocycles. The minimum absolute atomic E-state index is 0.187. The van der Waals surface area contributed by atoms with Gasteiger partial charge in [0.15, 0.2) is 0 Å². The summed E-state index contributed by atoms with van der Waals surface area (Å²) in [6.07, 6.45) is 2.07. The third kappa shape index (κ3) is 2.21. The second-order valence-corrected chi connectivity index (χ2v) is 4.48. The van der Waals surface area contributed by atoms with Crippen molar-refractivity contribution in [2.45, 2.75) is 33.1 Å². The Morgan fingerprint density at radius 1 is 1.38 bits per heavy atom. The maximum Gasteiger partial charge on any atom is 0.119 e. The minimum Gasteiger partial charge on any atom is -0.508 e. The number of rotatable bonds is 3. The van der Waals surface area contributed by atoms with Gasteiger partial charge in [-0.2, -0.15) is 0 Å². The number of hydrogen-bond acceptors (Lipinski definition) is 2. The summed E-state index contributed by atoms with van der Waals surface area (Å²) in [7, 11) is 1.63. The van der Waals surface area contributed by atoms with Crippen LogP contribution in [-0.2, 0) is 5.41 Å². The monoisotopic (exact) mass is 220 g/mol. The number of hydrogen-bond donors (Lipinski definition) is 1. The van der Waals surface area contributed by atoms with E-state index in [9.17, 15) is 5.11 Å². The maximum absolute atomic E-state index is 9.93. The highest BCUT2D eigenvalue weighted by molar-refractivity contribution is 5.47. The first-order chi connectivity index (χ1) is 7.43. The second kappa shape index (κ2) is 4.60. The first kappa shape index (κ1) is 12.6. The van der Waals surface area contributed by atoms with Crippen LogP contribution in [0, 0.1) is 0 Å². The minimum atomic E-state index is -0.187. The molecule has 0 atom stereocenters. The molecule has 0 spiro atoms. The van der Waals surface area contributed by atoms with Crippen molar-refractivity contribution < 1.29 is 9.84 Å². The SMILES string of the molecule is C/C=C(/C)C(C)(C)c1cc(OC)ccc1O. The van der Waals surface area contributed by atoms with Crippen LogP contribution in [0.1, 0.15) is 33.3 Å². The average molecular weight is 220 g/mol. The predicted molar refractivity (Wildman–Crippen MR) is 67.1 cm³/mol. The lowest BCUT2D eigenvalue weighted by atomic mass is 9.77. The molecule has 0 bridgehead atoms. The quantitative estimate of drug-likeness (QED) is 0.788. The Morgan fingerprint density at radius 2 is 2.00 bits per heavy atom. The number of ether oxygens (including phenoxy) is 1. The summed E-state index contributed by atoms with van der Waals surface area (Å²) in [6, 6.07) is 5.33. The van der Waals surface area contributed by atoms with Crippen molar-refractivity contribution in [1.29, 1.82) is 0 Å². The summed E-state index contributed by atoms with van der Waals surface area (Å²) < 4.78 is 5.19. The highest BCUT2D eigenvalue weighted by Gasteiger charge is 2.25. The van der Waals surface area contributed by atoms with Crippen molar-refractivity contribution >= 4 is 0 Å². The fourth-order valence-electron chi connectivity index (χ4n) is 1.72. The van der Waals surface area contributed by atoms with Gasteiger partial charge in [-0.1, -0.05) is 25.5 Å². The van der Waals surface area contributed by atoms with Gasteiger partial charge in [0.25, 0.3) is 0 Å². The van der Waals surface area contributed by atoms with Gasteiger partial charge in [0.05, 0.1) is 7.11 Å². The third-order valence-electron chi connectivity index (χ3n) is 3.30. The van der Waals surface area contributed by atoms with Gasteiger partial charge >= 0.3 is 0 Å². The normalized spacial score (nSPS) is 12.7. The molecule has 0 aromatic heterocycles. The molecular formula is C14H20O2. The van der Waals surface area contributed by atoms with Crippen LogP contribution in [0.25, 0.3) is 0 Å². The first-order valence-electron chi connectivity index (χ1n) is 5.44. The summed E-state index contributed by atoms with van der Waals surface area (Å²) in [4.78, 5) is 0. The number of phenolic OH excluding ortho intramolecular Hbond substituents is 1. The zero-order chi connectivity index (χ0) is 12.3. The summed E-state index contributed by atoms with van der Waals surface area (Å²) in [5, 5.41) is 9.93.